The van der Waals surface area contributed by atoms with Gasteiger partial charge in [-0.1, -0.05) is 40.2 Å². The first-order valence-electron chi connectivity index (χ1n) is 8.88. The first kappa shape index (κ1) is 19.2. The van der Waals surface area contributed by atoms with Crippen molar-refractivity contribution >= 4 is 27.8 Å². The third-order valence-electron chi connectivity index (χ3n) is 4.22. The molecule has 1 unspecified atom stereocenters. The summed E-state index contributed by atoms with van der Waals surface area (Å²) >= 11 is 3.37. The molecule has 0 saturated heterocycles. The van der Waals surface area contributed by atoms with Crippen molar-refractivity contribution in [1.82, 2.24) is 16.0 Å². The van der Waals surface area contributed by atoms with Crippen LogP contribution in [0.2, 0.25) is 0 Å². The fraction of sp³-hybridized carbons (Fsp3) is 0.300. The van der Waals surface area contributed by atoms with Gasteiger partial charge in [0.25, 0.3) is 5.91 Å². The molecular formula is C20H23BrN4O2. The zero-order chi connectivity index (χ0) is 19.1. The van der Waals surface area contributed by atoms with Gasteiger partial charge >= 0.3 is 0 Å². The summed E-state index contributed by atoms with van der Waals surface area (Å²) < 4.78 is 6.79. The number of nitrogens with zero attached hydrogens (tertiary/aromatic N) is 1. The molecule has 6 nitrogen and oxygen atoms in total. The van der Waals surface area contributed by atoms with Crippen LogP contribution < -0.4 is 20.7 Å². The minimum atomic E-state index is -0.0989. The zero-order valence-electron chi connectivity index (χ0n) is 15.2. The van der Waals surface area contributed by atoms with Crippen molar-refractivity contribution in [3.8, 4) is 5.75 Å². The van der Waals surface area contributed by atoms with Crippen molar-refractivity contribution in [3.05, 3.63) is 64.1 Å². The molecule has 7 heteroatoms. The Morgan fingerprint density at radius 3 is 2.74 bits per heavy atom. The Bertz CT molecular complexity index is 800. The van der Waals surface area contributed by atoms with Crippen LogP contribution in [-0.4, -0.2) is 44.7 Å². The summed E-state index contributed by atoms with van der Waals surface area (Å²) in [4.78, 5) is 16.3. The van der Waals surface area contributed by atoms with E-state index in [0.29, 0.717) is 31.2 Å². The summed E-state index contributed by atoms with van der Waals surface area (Å²) in [7, 11) is 1.72. The maximum atomic E-state index is 12.1. The Labute approximate surface area is 167 Å². The number of fused-ring (bicyclic) bond motifs is 1. The number of hydrogen-bond donors (Lipinski definition) is 3. The number of aliphatic imine (C=N–C) groups is 1. The molecule has 3 N–H and O–H groups in total. The molecule has 3 rings (SSSR count). The van der Waals surface area contributed by atoms with Gasteiger partial charge in [0.1, 0.15) is 11.9 Å². The van der Waals surface area contributed by atoms with E-state index in [0.717, 1.165) is 16.6 Å². The molecule has 0 bridgehead atoms. The number of para-hydroxylation sites is 1. The minimum Gasteiger partial charge on any atom is -0.488 e. The highest BCUT2D eigenvalue weighted by Crippen LogP contribution is 2.27. The Hall–Kier alpha value is -2.54. The molecule has 1 atom stereocenters. The van der Waals surface area contributed by atoms with E-state index in [1.165, 1.54) is 5.56 Å². The van der Waals surface area contributed by atoms with Crippen molar-refractivity contribution in [2.75, 3.05) is 26.7 Å². The van der Waals surface area contributed by atoms with Crippen LogP contribution in [0.4, 0.5) is 0 Å². The molecule has 0 radical (unpaired) electrons. The summed E-state index contributed by atoms with van der Waals surface area (Å²) in [6, 6.07) is 15.4. The maximum Gasteiger partial charge on any atom is 0.251 e. The maximum absolute atomic E-state index is 12.1. The monoisotopic (exact) mass is 430 g/mol. The zero-order valence-corrected chi connectivity index (χ0v) is 16.8. The largest absolute Gasteiger partial charge is 0.488 e. The van der Waals surface area contributed by atoms with Gasteiger partial charge in [0.05, 0.1) is 6.54 Å². The number of carbonyl (C=O) groups is 1. The second-order valence-corrected chi connectivity index (χ2v) is 7.11. The summed E-state index contributed by atoms with van der Waals surface area (Å²) in [5, 5.41) is 9.35. The van der Waals surface area contributed by atoms with E-state index >= 15 is 0 Å². The van der Waals surface area contributed by atoms with Crippen molar-refractivity contribution in [1.29, 1.82) is 0 Å². The summed E-state index contributed by atoms with van der Waals surface area (Å²) in [6.45, 7) is 1.74. The molecule has 27 heavy (non-hydrogen) atoms. The van der Waals surface area contributed by atoms with E-state index in [1.807, 2.05) is 30.3 Å². The van der Waals surface area contributed by atoms with Gasteiger partial charge in [0.15, 0.2) is 5.96 Å². The van der Waals surface area contributed by atoms with E-state index in [9.17, 15) is 4.79 Å². The normalized spacial score (nSPS) is 15.6. The van der Waals surface area contributed by atoms with Gasteiger partial charge < -0.3 is 20.7 Å². The van der Waals surface area contributed by atoms with Gasteiger partial charge in [-0.25, -0.2) is 0 Å². The van der Waals surface area contributed by atoms with Crippen LogP contribution in [0.25, 0.3) is 0 Å². The van der Waals surface area contributed by atoms with E-state index in [4.69, 9.17) is 4.74 Å². The third kappa shape index (κ3) is 5.47. The van der Waals surface area contributed by atoms with Gasteiger partial charge in [-0.05, 0) is 29.8 Å². The summed E-state index contributed by atoms with van der Waals surface area (Å²) in [5.74, 6) is 1.55. The first-order valence-corrected chi connectivity index (χ1v) is 9.68. The smallest absolute Gasteiger partial charge is 0.251 e. The average Bonchev–Trinajstić information content (AvgIpc) is 3.10. The lowest BCUT2D eigenvalue weighted by atomic mass is 10.1. The SMILES string of the molecule is CN=C(NCCNC(=O)c1cccc(Br)c1)NCC1Cc2ccccc2O1. The van der Waals surface area contributed by atoms with Crippen molar-refractivity contribution in [2.45, 2.75) is 12.5 Å². The molecule has 0 saturated carbocycles. The number of ether oxygens (including phenoxy) is 1. The number of guanidine groups is 1. The predicted octanol–water partition coefficient (Wildman–Crippen LogP) is 2.35. The molecule has 0 spiro atoms. The number of carbonyl (C=O) groups excluding carboxylic acids is 1. The topological polar surface area (TPSA) is 74.8 Å². The molecule has 0 fully saturated rings. The number of halogens is 1. The minimum absolute atomic E-state index is 0.0946. The number of amides is 1. The van der Waals surface area contributed by atoms with Crippen LogP contribution in [0.3, 0.4) is 0 Å². The molecule has 1 aliphatic heterocycles. The number of nitrogens with one attached hydrogen (secondary N) is 3. The summed E-state index contributed by atoms with van der Waals surface area (Å²) in [5.41, 5.74) is 1.87. The lowest BCUT2D eigenvalue weighted by Gasteiger charge is -2.15. The van der Waals surface area contributed by atoms with Gasteiger partial charge in [-0.2, -0.15) is 0 Å². The third-order valence-corrected chi connectivity index (χ3v) is 4.72. The Kier molecular flexibility index (Phi) is 6.70. The van der Waals surface area contributed by atoms with Crippen molar-refractivity contribution in [2.24, 2.45) is 4.99 Å². The molecule has 2 aromatic rings. The highest BCUT2D eigenvalue weighted by atomic mass is 79.9. The molecule has 142 valence electrons. The highest BCUT2D eigenvalue weighted by Gasteiger charge is 2.22. The lowest BCUT2D eigenvalue weighted by molar-refractivity contribution is 0.0954. The van der Waals surface area contributed by atoms with E-state index in [1.54, 1.807) is 19.2 Å². The fourth-order valence-electron chi connectivity index (χ4n) is 2.89. The summed E-state index contributed by atoms with van der Waals surface area (Å²) in [6.07, 6.45) is 0.986. The van der Waals surface area contributed by atoms with Crippen LogP contribution in [0.15, 0.2) is 58.0 Å². The fourth-order valence-corrected chi connectivity index (χ4v) is 3.29. The Morgan fingerprint density at radius 1 is 1.15 bits per heavy atom. The molecule has 1 aliphatic rings. The second kappa shape index (κ2) is 9.41. The average molecular weight is 431 g/mol. The molecule has 0 aromatic heterocycles. The molecule has 0 aliphatic carbocycles. The van der Waals surface area contributed by atoms with Gasteiger partial charge in [0.2, 0.25) is 0 Å². The van der Waals surface area contributed by atoms with Crippen molar-refractivity contribution in [3.63, 3.8) is 0 Å². The first-order chi connectivity index (χ1) is 13.2. The van der Waals surface area contributed by atoms with Crippen LogP contribution in [0.1, 0.15) is 15.9 Å². The van der Waals surface area contributed by atoms with Gasteiger partial charge in [0, 0.05) is 36.6 Å². The standard InChI is InChI=1S/C20H23BrN4O2/c1-22-20(25-13-17-12-14-5-2-3-8-18(14)27-17)24-10-9-23-19(26)15-6-4-7-16(21)11-15/h2-8,11,17H,9-10,12-13H2,1H3,(H,23,26)(H2,22,24,25). The van der Waals surface area contributed by atoms with Crippen molar-refractivity contribution < 1.29 is 9.53 Å². The molecule has 1 heterocycles. The molecular weight excluding hydrogens is 408 g/mol. The highest BCUT2D eigenvalue weighted by molar-refractivity contribution is 9.10. The Balaban J connectivity index is 1.36. The van der Waals surface area contributed by atoms with Gasteiger partial charge in [-0.3, -0.25) is 9.79 Å². The second-order valence-electron chi connectivity index (χ2n) is 6.20. The van der Waals surface area contributed by atoms with E-state index in [-0.39, 0.29) is 12.0 Å². The van der Waals surface area contributed by atoms with Gasteiger partial charge in [-0.15, -0.1) is 0 Å². The number of benzene rings is 2. The van der Waals surface area contributed by atoms with E-state index in [2.05, 4.69) is 42.9 Å². The van der Waals surface area contributed by atoms with E-state index < -0.39 is 0 Å². The predicted molar refractivity (Wildman–Crippen MR) is 110 cm³/mol. The Morgan fingerprint density at radius 2 is 1.96 bits per heavy atom. The number of rotatable bonds is 6. The lowest BCUT2D eigenvalue weighted by Crippen LogP contribution is -2.44. The van der Waals surface area contributed by atoms with Crippen LogP contribution >= 0.6 is 15.9 Å². The quantitative estimate of drug-likeness (QED) is 0.373. The van der Waals surface area contributed by atoms with Crippen LogP contribution in [-0.2, 0) is 6.42 Å². The molecule has 2 aromatic carbocycles. The molecule has 1 amide bonds. The van der Waals surface area contributed by atoms with Crippen LogP contribution in [0, 0.1) is 0 Å². The van der Waals surface area contributed by atoms with Crippen LogP contribution in [0.5, 0.6) is 5.75 Å². The number of hydrogen-bond acceptors (Lipinski definition) is 3.